The number of furan rings is 1. The highest BCUT2D eigenvalue weighted by atomic mass is 32.2. The van der Waals surface area contributed by atoms with Gasteiger partial charge in [0.05, 0.1) is 18.6 Å². The lowest BCUT2D eigenvalue weighted by Crippen LogP contribution is -2.38. The quantitative estimate of drug-likeness (QED) is 0.895. The average molecular weight is 286 g/mol. The summed E-state index contributed by atoms with van der Waals surface area (Å²) in [7, 11) is -3.18. The maximum absolute atomic E-state index is 11.3. The minimum absolute atomic E-state index is 0.0113. The third-order valence-electron chi connectivity index (χ3n) is 3.49. The van der Waals surface area contributed by atoms with Crippen molar-refractivity contribution in [1.29, 1.82) is 0 Å². The molecule has 19 heavy (non-hydrogen) atoms. The lowest BCUT2D eigenvalue weighted by Gasteiger charge is -2.29. The van der Waals surface area contributed by atoms with Crippen molar-refractivity contribution in [2.75, 3.05) is 25.9 Å². The van der Waals surface area contributed by atoms with Crippen LogP contribution in [0.3, 0.4) is 0 Å². The molecule has 1 saturated heterocycles. The summed E-state index contributed by atoms with van der Waals surface area (Å²) in [4.78, 5) is 2.32. The van der Waals surface area contributed by atoms with Gasteiger partial charge in [-0.05, 0) is 38.1 Å². The van der Waals surface area contributed by atoms with Gasteiger partial charge in [0.15, 0.2) is 0 Å². The van der Waals surface area contributed by atoms with E-state index >= 15 is 0 Å². The van der Waals surface area contributed by atoms with Crippen molar-refractivity contribution in [1.82, 2.24) is 9.62 Å². The minimum Gasteiger partial charge on any atom is -0.468 e. The van der Waals surface area contributed by atoms with Gasteiger partial charge in [-0.3, -0.25) is 4.90 Å². The summed E-state index contributed by atoms with van der Waals surface area (Å²) in [5, 5.41) is 0. The van der Waals surface area contributed by atoms with E-state index < -0.39 is 10.0 Å². The van der Waals surface area contributed by atoms with Crippen molar-refractivity contribution < 1.29 is 12.8 Å². The Morgan fingerprint density at radius 1 is 1.32 bits per heavy atom. The third-order valence-corrected chi connectivity index (χ3v) is 4.18. The van der Waals surface area contributed by atoms with Crippen molar-refractivity contribution in [3.63, 3.8) is 0 Å². The van der Waals surface area contributed by atoms with Gasteiger partial charge in [0, 0.05) is 6.54 Å². The van der Waals surface area contributed by atoms with E-state index in [2.05, 4.69) is 9.62 Å². The zero-order chi connectivity index (χ0) is 13.7. The first-order valence-electron chi connectivity index (χ1n) is 6.78. The highest BCUT2D eigenvalue weighted by molar-refractivity contribution is 7.88. The van der Waals surface area contributed by atoms with E-state index in [9.17, 15) is 8.42 Å². The predicted octanol–water partition coefficient (Wildman–Crippen LogP) is 1.75. The van der Waals surface area contributed by atoms with Gasteiger partial charge >= 0.3 is 0 Å². The van der Waals surface area contributed by atoms with Gasteiger partial charge in [0.2, 0.25) is 10.0 Å². The molecule has 1 fully saturated rings. The molecular weight excluding hydrogens is 264 g/mol. The largest absolute Gasteiger partial charge is 0.468 e. The Balaban J connectivity index is 2.09. The minimum atomic E-state index is -3.18. The molecule has 0 bridgehead atoms. The van der Waals surface area contributed by atoms with Crippen molar-refractivity contribution in [2.24, 2.45) is 0 Å². The molecule has 108 valence electrons. The van der Waals surface area contributed by atoms with E-state index in [0.717, 1.165) is 31.7 Å². The van der Waals surface area contributed by atoms with Gasteiger partial charge in [-0.15, -0.1) is 0 Å². The molecule has 0 saturated carbocycles. The zero-order valence-electron chi connectivity index (χ0n) is 11.3. The molecular formula is C13H22N2O3S. The predicted molar refractivity (Wildman–Crippen MR) is 74.3 cm³/mol. The molecule has 1 unspecified atom stereocenters. The van der Waals surface area contributed by atoms with E-state index in [1.807, 2.05) is 12.1 Å². The van der Waals surface area contributed by atoms with Crippen LogP contribution in [-0.4, -0.2) is 39.2 Å². The Kier molecular flexibility index (Phi) is 5.01. The first kappa shape index (κ1) is 14.6. The van der Waals surface area contributed by atoms with Crippen LogP contribution in [0.1, 0.15) is 37.5 Å². The summed E-state index contributed by atoms with van der Waals surface area (Å²) in [5.74, 6) is 0.832. The van der Waals surface area contributed by atoms with E-state index in [1.54, 1.807) is 6.26 Å². The van der Waals surface area contributed by atoms with Gasteiger partial charge in [0.1, 0.15) is 5.76 Å². The molecule has 6 heteroatoms. The summed E-state index contributed by atoms with van der Waals surface area (Å²) < 4.78 is 30.7. The Hall–Kier alpha value is -0.850. The van der Waals surface area contributed by atoms with Crippen LogP contribution < -0.4 is 4.72 Å². The maximum atomic E-state index is 11.3. The fourth-order valence-corrected chi connectivity index (χ4v) is 2.99. The monoisotopic (exact) mass is 286 g/mol. The average Bonchev–Trinajstić information content (AvgIpc) is 2.72. The Morgan fingerprint density at radius 2 is 2.00 bits per heavy atom. The molecule has 0 radical (unpaired) electrons. The van der Waals surface area contributed by atoms with Crippen LogP contribution in [-0.2, 0) is 10.0 Å². The van der Waals surface area contributed by atoms with E-state index in [4.69, 9.17) is 4.42 Å². The van der Waals surface area contributed by atoms with Crippen LogP contribution in [0, 0.1) is 0 Å². The highest BCUT2D eigenvalue weighted by Crippen LogP contribution is 2.24. The molecule has 1 N–H and O–H groups in total. The molecule has 2 rings (SSSR count). The number of nitrogens with zero attached hydrogens (tertiary/aromatic N) is 1. The molecule has 1 aromatic rings. The lowest BCUT2D eigenvalue weighted by molar-refractivity contribution is 0.182. The molecule has 1 aromatic heterocycles. The van der Waals surface area contributed by atoms with Crippen LogP contribution in [0.15, 0.2) is 22.8 Å². The van der Waals surface area contributed by atoms with Gasteiger partial charge < -0.3 is 4.42 Å². The number of hydrogen-bond donors (Lipinski definition) is 1. The Bertz CT molecular complexity index is 462. The summed E-state index contributed by atoms with van der Waals surface area (Å²) in [6.45, 7) is 2.36. The number of nitrogens with one attached hydrogen (secondary N) is 1. The van der Waals surface area contributed by atoms with Crippen molar-refractivity contribution >= 4 is 10.0 Å². The molecule has 1 aliphatic rings. The van der Waals surface area contributed by atoms with Crippen LogP contribution in [0.4, 0.5) is 0 Å². The van der Waals surface area contributed by atoms with E-state index in [-0.39, 0.29) is 6.04 Å². The molecule has 1 aliphatic heterocycles. The molecule has 2 heterocycles. The normalized spacial score (nSPS) is 20.1. The SMILES string of the molecule is CS(=O)(=O)NCC(c1ccco1)N1CCCCCC1. The smallest absolute Gasteiger partial charge is 0.208 e. The second-order valence-electron chi connectivity index (χ2n) is 5.10. The van der Waals surface area contributed by atoms with Crippen molar-refractivity contribution in [3.05, 3.63) is 24.2 Å². The Labute approximate surface area is 115 Å². The van der Waals surface area contributed by atoms with Gasteiger partial charge in [-0.25, -0.2) is 13.1 Å². The number of likely N-dealkylation sites (tertiary alicyclic amines) is 1. The topological polar surface area (TPSA) is 62.6 Å². The van der Waals surface area contributed by atoms with Gasteiger partial charge in [-0.2, -0.15) is 0 Å². The molecule has 0 aromatic carbocycles. The van der Waals surface area contributed by atoms with Crippen molar-refractivity contribution in [3.8, 4) is 0 Å². The molecule has 0 spiro atoms. The van der Waals surface area contributed by atoms with Gasteiger partial charge in [0.25, 0.3) is 0 Å². The van der Waals surface area contributed by atoms with Crippen LogP contribution in [0.2, 0.25) is 0 Å². The number of rotatable bonds is 5. The van der Waals surface area contributed by atoms with Crippen LogP contribution in [0.5, 0.6) is 0 Å². The molecule has 0 amide bonds. The number of sulfonamides is 1. The summed E-state index contributed by atoms with van der Waals surface area (Å²) in [6, 6.07) is 3.75. The highest BCUT2D eigenvalue weighted by Gasteiger charge is 2.24. The van der Waals surface area contributed by atoms with Crippen LogP contribution in [0.25, 0.3) is 0 Å². The summed E-state index contributed by atoms with van der Waals surface area (Å²) in [6.07, 6.45) is 7.66. The Morgan fingerprint density at radius 3 is 2.53 bits per heavy atom. The van der Waals surface area contributed by atoms with Gasteiger partial charge in [-0.1, -0.05) is 12.8 Å². The maximum Gasteiger partial charge on any atom is 0.208 e. The van der Waals surface area contributed by atoms with Crippen LogP contribution >= 0.6 is 0 Å². The molecule has 5 nitrogen and oxygen atoms in total. The standard InChI is InChI=1S/C13H22N2O3S/c1-19(16,17)14-11-12(13-7-6-10-18-13)15-8-4-2-3-5-9-15/h6-7,10,12,14H,2-5,8-9,11H2,1H3. The lowest BCUT2D eigenvalue weighted by atomic mass is 10.2. The molecule has 1 atom stereocenters. The first-order chi connectivity index (χ1) is 9.06. The summed E-state index contributed by atoms with van der Waals surface area (Å²) >= 11 is 0. The third kappa shape index (κ3) is 4.63. The second kappa shape index (κ2) is 6.54. The van der Waals surface area contributed by atoms with E-state index in [1.165, 1.54) is 19.1 Å². The summed E-state index contributed by atoms with van der Waals surface area (Å²) in [5.41, 5.74) is 0. The van der Waals surface area contributed by atoms with Crippen molar-refractivity contribution in [2.45, 2.75) is 31.7 Å². The van der Waals surface area contributed by atoms with E-state index in [0.29, 0.717) is 6.54 Å². The first-order valence-corrected chi connectivity index (χ1v) is 8.67. The molecule has 0 aliphatic carbocycles. The number of hydrogen-bond acceptors (Lipinski definition) is 4. The zero-order valence-corrected chi connectivity index (χ0v) is 12.2. The fraction of sp³-hybridized carbons (Fsp3) is 0.692. The second-order valence-corrected chi connectivity index (χ2v) is 6.94. The fourth-order valence-electron chi connectivity index (χ4n) is 2.53.